The molecule has 1 saturated carbocycles. The Bertz CT molecular complexity index is 739. The topological polar surface area (TPSA) is 35.5 Å². The van der Waals surface area contributed by atoms with Crippen molar-refractivity contribution in [2.45, 2.75) is 29.4 Å². The number of hydrogen-bond donors (Lipinski definition) is 0. The Hall–Kier alpha value is -2.01. The van der Waals surface area contributed by atoms with Gasteiger partial charge in [0.05, 0.1) is 19.8 Å². The third kappa shape index (κ3) is 3.73. The number of benzene rings is 2. The van der Waals surface area contributed by atoms with Crippen LogP contribution in [0.3, 0.4) is 0 Å². The molecular formula is C19H19FO3S. The van der Waals surface area contributed by atoms with Gasteiger partial charge in [0.25, 0.3) is 0 Å². The van der Waals surface area contributed by atoms with E-state index in [2.05, 4.69) is 0 Å². The van der Waals surface area contributed by atoms with E-state index in [1.807, 2.05) is 24.3 Å². The van der Waals surface area contributed by atoms with Crippen molar-refractivity contribution in [3.8, 4) is 5.75 Å². The average molecular weight is 346 g/mol. The van der Waals surface area contributed by atoms with E-state index in [0.29, 0.717) is 5.75 Å². The van der Waals surface area contributed by atoms with E-state index in [0.717, 1.165) is 34.6 Å². The van der Waals surface area contributed by atoms with Gasteiger partial charge in [0.15, 0.2) is 0 Å². The molecule has 2 aromatic rings. The average Bonchev–Trinajstić information content (AvgIpc) is 3.44. The van der Waals surface area contributed by atoms with E-state index in [-0.39, 0.29) is 17.3 Å². The molecule has 1 aliphatic rings. The zero-order valence-corrected chi connectivity index (χ0v) is 14.5. The highest BCUT2D eigenvalue weighted by Gasteiger charge is 2.30. The molecule has 3 nitrogen and oxygen atoms in total. The number of halogens is 1. The monoisotopic (exact) mass is 346 g/mol. The quantitative estimate of drug-likeness (QED) is 0.556. The summed E-state index contributed by atoms with van der Waals surface area (Å²) in [6.45, 7) is 0. The van der Waals surface area contributed by atoms with E-state index in [9.17, 15) is 9.18 Å². The molecule has 0 saturated heterocycles. The van der Waals surface area contributed by atoms with Gasteiger partial charge in [0.1, 0.15) is 11.6 Å². The minimum absolute atomic E-state index is 0.261. The molecule has 0 aromatic heterocycles. The van der Waals surface area contributed by atoms with Crippen LogP contribution in [0.15, 0.2) is 41.3 Å². The lowest BCUT2D eigenvalue weighted by atomic mass is 10.1. The molecule has 1 fully saturated rings. The molecule has 0 radical (unpaired) electrons. The first-order valence-corrected chi connectivity index (χ1v) is 8.78. The van der Waals surface area contributed by atoms with Gasteiger partial charge in [-0.1, -0.05) is 12.1 Å². The summed E-state index contributed by atoms with van der Waals surface area (Å²) in [5.74, 6) is 0.963. The Kier molecular flexibility index (Phi) is 5.09. The third-order valence-electron chi connectivity index (χ3n) is 4.05. The lowest BCUT2D eigenvalue weighted by Crippen LogP contribution is -2.04. The predicted octanol–water partition coefficient (Wildman–Crippen LogP) is 4.79. The van der Waals surface area contributed by atoms with Gasteiger partial charge in [-0.05, 0) is 48.6 Å². The Morgan fingerprint density at radius 2 is 1.92 bits per heavy atom. The van der Waals surface area contributed by atoms with Crippen molar-refractivity contribution in [3.05, 3.63) is 58.9 Å². The number of carbonyl (C=O) groups excluding carboxylic acids is 1. The first-order chi connectivity index (χ1) is 11.6. The molecule has 0 spiro atoms. The second kappa shape index (κ2) is 7.26. The van der Waals surface area contributed by atoms with Crippen LogP contribution in [-0.4, -0.2) is 20.2 Å². The van der Waals surface area contributed by atoms with Crippen molar-refractivity contribution in [1.29, 1.82) is 0 Å². The van der Waals surface area contributed by atoms with E-state index < -0.39 is 5.97 Å². The van der Waals surface area contributed by atoms with Crippen LogP contribution in [0, 0.1) is 5.82 Å². The lowest BCUT2D eigenvalue weighted by Gasteiger charge is -2.12. The number of esters is 1. The highest BCUT2D eigenvalue weighted by molar-refractivity contribution is 7.98. The summed E-state index contributed by atoms with van der Waals surface area (Å²) in [4.78, 5) is 12.6. The summed E-state index contributed by atoms with van der Waals surface area (Å²) in [5.41, 5.74) is 2.12. The van der Waals surface area contributed by atoms with Gasteiger partial charge in [0, 0.05) is 16.2 Å². The maximum Gasteiger partial charge on any atom is 0.337 e. The molecule has 126 valence electrons. The van der Waals surface area contributed by atoms with Crippen molar-refractivity contribution in [1.82, 2.24) is 0 Å². The Morgan fingerprint density at radius 3 is 2.50 bits per heavy atom. The molecule has 3 rings (SSSR count). The van der Waals surface area contributed by atoms with Crippen LogP contribution in [0.5, 0.6) is 5.75 Å². The number of rotatable bonds is 6. The predicted molar refractivity (Wildman–Crippen MR) is 92.3 cm³/mol. The van der Waals surface area contributed by atoms with Gasteiger partial charge in [0.2, 0.25) is 0 Å². The van der Waals surface area contributed by atoms with Crippen LogP contribution in [0.1, 0.15) is 40.2 Å². The van der Waals surface area contributed by atoms with Crippen molar-refractivity contribution in [2.75, 3.05) is 14.2 Å². The molecule has 0 aliphatic heterocycles. The maximum atomic E-state index is 14.5. The van der Waals surface area contributed by atoms with Crippen molar-refractivity contribution in [3.63, 3.8) is 0 Å². The zero-order valence-electron chi connectivity index (χ0n) is 13.7. The smallest absolute Gasteiger partial charge is 0.337 e. The number of methoxy groups -OCH3 is 2. The third-order valence-corrected chi connectivity index (χ3v) is 5.18. The molecule has 0 heterocycles. The molecule has 2 aromatic carbocycles. The largest absolute Gasteiger partial charge is 0.497 e. The summed E-state index contributed by atoms with van der Waals surface area (Å²) < 4.78 is 24.4. The van der Waals surface area contributed by atoms with Gasteiger partial charge in [-0.15, -0.1) is 11.8 Å². The standard InChI is InChI=1S/C19H19FO3S/c1-22-15-7-3-12(4-8-15)11-24-17-10-14(19(21)23-2)9-16(20)18(17)13-5-6-13/h3-4,7-10,13H,5-6,11H2,1-2H3. The van der Waals surface area contributed by atoms with Crippen molar-refractivity contribution >= 4 is 17.7 Å². The Morgan fingerprint density at radius 1 is 1.21 bits per heavy atom. The van der Waals surface area contributed by atoms with Gasteiger partial charge >= 0.3 is 5.97 Å². The van der Waals surface area contributed by atoms with Gasteiger partial charge in [-0.25, -0.2) is 9.18 Å². The molecule has 1 aliphatic carbocycles. The molecule has 0 bridgehead atoms. The molecule has 5 heteroatoms. The normalized spacial score (nSPS) is 13.6. The lowest BCUT2D eigenvalue weighted by molar-refractivity contribution is 0.0600. The van der Waals surface area contributed by atoms with Crippen LogP contribution >= 0.6 is 11.8 Å². The molecule has 0 amide bonds. The van der Waals surface area contributed by atoms with Crippen LogP contribution in [0.2, 0.25) is 0 Å². The first-order valence-electron chi connectivity index (χ1n) is 7.80. The number of thioether (sulfide) groups is 1. The van der Waals surface area contributed by atoms with Crippen LogP contribution in [-0.2, 0) is 10.5 Å². The summed E-state index contributed by atoms with van der Waals surface area (Å²) >= 11 is 1.55. The fourth-order valence-corrected chi connectivity index (χ4v) is 3.74. The molecule has 24 heavy (non-hydrogen) atoms. The van der Waals surface area contributed by atoms with Crippen LogP contribution in [0.4, 0.5) is 4.39 Å². The highest BCUT2D eigenvalue weighted by Crippen LogP contribution is 2.46. The van der Waals surface area contributed by atoms with Crippen molar-refractivity contribution < 1.29 is 18.7 Å². The molecule has 0 atom stereocenters. The van der Waals surface area contributed by atoms with Crippen LogP contribution in [0.25, 0.3) is 0 Å². The minimum Gasteiger partial charge on any atom is -0.497 e. The number of ether oxygens (including phenoxy) is 2. The maximum absolute atomic E-state index is 14.5. The van der Waals surface area contributed by atoms with Crippen molar-refractivity contribution in [2.24, 2.45) is 0 Å². The van der Waals surface area contributed by atoms with Gasteiger partial charge in [-0.2, -0.15) is 0 Å². The second-order valence-corrected chi connectivity index (χ2v) is 6.79. The number of hydrogen-bond acceptors (Lipinski definition) is 4. The fraction of sp³-hybridized carbons (Fsp3) is 0.316. The molecular weight excluding hydrogens is 327 g/mol. The minimum atomic E-state index is -0.512. The summed E-state index contributed by atoms with van der Waals surface area (Å²) in [6, 6.07) is 10.8. The summed E-state index contributed by atoms with van der Waals surface area (Å²) in [5, 5.41) is 0. The van der Waals surface area contributed by atoms with Gasteiger partial charge in [-0.3, -0.25) is 0 Å². The summed E-state index contributed by atoms with van der Waals surface area (Å²) in [7, 11) is 2.94. The Balaban J connectivity index is 1.84. The highest BCUT2D eigenvalue weighted by atomic mass is 32.2. The second-order valence-electron chi connectivity index (χ2n) is 5.77. The first kappa shape index (κ1) is 16.8. The molecule has 0 N–H and O–H groups in total. The number of carbonyl (C=O) groups is 1. The van der Waals surface area contributed by atoms with E-state index in [4.69, 9.17) is 9.47 Å². The van der Waals surface area contributed by atoms with Gasteiger partial charge < -0.3 is 9.47 Å². The Labute approximate surface area is 145 Å². The van der Waals surface area contributed by atoms with E-state index in [1.165, 1.54) is 13.2 Å². The summed E-state index contributed by atoms with van der Waals surface area (Å²) in [6.07, 6.45) is 2.01. The van der Waals surface area contributed by atoms with Crippen LogP contribution < -0.4 is 4.74 Å². The zero-order chi connectivity index (χ0) is 17.1. The van der Waals surface area contributed by atoms with E-state index in [1.54, 1.807) is 24.9 Å². The van der Waals surface area contributed by atoms with E-state index >= 15 is 0 Å². The fourth-order valence-electron chi connectivity index (χ4n) is 2.60. The SMILES string of the molecule is COC(=O)c1cc(F)c(C2CC2)c(SCc2ccc(OC)cc2)c1. The molecule has 0 unspecified atom stereocenters.